The van der Waals surface area contributed by atoms with Crippen LogP contribution in [0.25, 0.3) is 0 Å². The van der Waals surface area contributed by atoms with Gasteiger partial charge in [0.25, 0.3) is 0 Å². The molecule has 53 valence electrons. The van der Waals surface area contributed by atoms with Gasteiger partial charge in [-0.15, -0.1) is 0 Å². The Hall–Kier alpha value is 1.19. The Morgan fingerprint density at radius 1 is 1.25 bits per heavy atom. The number of hydrogen-bond donors (Lipinski definition) is 3. The van der Waals surface area contributed by atoms with E-state index in [-0.39, 0.29) is 42.8 Å². The molecule has 0 spiro atoms. The molecule has 0 aliphatic carbocycles. The Balaban J connectivity index is -0.0000000133. The Kier molecular flexibility index (Phi) is 23.4. The molecule has 5 N–H and O–H groups in total. The number of phosphoric acid groups is 1. The van der Waals surface area contributed by atoms with E-state index in [0.717, 1.165) is 0 Å². The number of rotatable bonds is 0. The molecule has 8 heteroatoms. The maximum absolute atomic E-state index is 8.88. The summed E-state index contributed by atoms with van der Waals surface area (Å²) < 4.78 is 8.88. The summed E-state index contributed by atoms with van der Waals surface area (Å²) in [5.74, 6) is 0. The molecule has 0 aromatic carbocycles. The molecule has 0 aromatic heterocycles. The van der Waals surface area contributed by atoms with Gasteiger partial charge in [-0.05, 0) is 0 Å². The SMILES string of the molecule is O.O=P(O)(O)O.[Cu].[H-].[Li+]. The zero-order valence-electron chi connectivity index (χ0n) is 5.00. The maximum Gasteiger partial charge on any atom is 1.00 e. The largest absolute Gasteiger partial charge is 1.00 e. The third-order valence-corrected chi connectivity index (χ3v) is 0. The first-order valence-corrected chi connectivity index (χ1v) is 2.35. The van der Waals surface area contributed by atoms with Crippen LogP contribution in [-0.2, 0) is 21.6 Å². The van der Waals surface area contributed by atoms with Crippen molar-refractivity contribution in [2.45, 2.75) is 0 Å². The van der Waals surface area contributed by atoms with Crippen molar-refractivity contribution in [3.8, 4) is 0 Å². The summed E-state index contributed by atoms with van der Waals surface area (Å²) in [5, 5.41) is 0. The van der Waals surface area contributed by atoms with E-state index >= 15 is 0 Å². The molecule has 0 atom stereocenters. The van der Waals surface area contributed by atoms with Crippen LogP contribution in [0.5, 0.6) is 0 Å². The van der Waals surface area contributed by atoms with E-state index in [4.69, 9.17) is 19.2 Å². The topological polar surface area (TPSA) is 109 Å². The maximum atomic E-state index is 8.88. The monoisotopic (exact) mass is 187 g/mol. The quantitative estimate of drug-likeness (QED) is 0.262. The van der Waals surface area contributed by atoms with Crippen molar-refractivity contribution in [3.05, 3.63) is 0 Å². The van der Waals surface area contributed by atoms with Crippen molar-refractivity contribution in [2.75, 3.05) is 0 Å². The van der Waals surface area contributed by atoms with E-state index in [1.165, 1.54) is 0 Å². The van der Waals surface area contributed by atoms with Crippen LogP contribution in [0.15, 0.2) is 0 Å². The Morgan fingerprint density at radius 3 is 1.25 bits per heavy atom. The van der Waals surface area contributed by atoms with Crippen LogP contribution in [-0.4, -0.2) is 20.2 Å². The molecule has 0 bridgehead atoms. The second kappa shape index (κ2) is 8.19. The molecule has 0 heterocycles. The molecule has 0 aliphatic rings. The third-order valence-electron chi connectivity index (χ3n) is 0. The Labute approximate surface area is 70.2 Å². The molecular weight excluding hydrogens is 181 g/mol. The van der Waals surface area contributed by atoms with Gasteiger partial charge in [0.2, 0.25) is 0 Å². The van der Waals surface area contributed by atoms with Gasteiger partial charge in [0, 0.05) is 17.1 Å². The molecule has 5 nitrogen and oxygen atoms in total. The fourth-order valence-corrected chi connectivity index (χ4v) is 0. The molecule has 0 rings (SSSR count). The van der Waals surface area contributed by atoms with Gasteiger partial charge in [-0.1, -0.05) is 0 Å². The molecule has 0 saturated heterocycles. The zero-order chi connectivity index (χ0) is 4.50. The van der Waals surface area contributed by atoms with Gasteiger partial charge < -0.3 is 21.6 Å². The Bertz CT molecular complexity index is 63.1. The molecule has 0 amide bonds. The van der Waals surface area contributed by atoms with E-state index in [0.29, 0.717) is 0 Å². The summed E-state index contributed by atoms with van der Waals surface area (Å²) >= 11 is 0. The molecule has 0 aromatic rings. The predicted molar refractivity (Wildman–Crippen MR) is 19.0 cm³/mol. The van der Waals surface area contributed by atoms with Gasteiger partial charge in [0.05, 0.1) is 0 Å². The van der Waals surface area contributed by atoms with Gasteiger partial charge in [-0.2, -0.15) is 0 Å². The Morgan fingerprint density at radius 2 is 1.25 bits per heavy atom. The summed E-state index contributed by atoms with van der Waals surface area (Å²) in [4.78, 5) is 21.6. The average Bonchev–Trinajstić information content (AvgIpc) is 0.722. The minimum absolute atomic E-state index is 0. The normalized spacial score (nSPS) is 7.38. The van der Waals surface area contributed by atoms with Crippen LogP contribution >= 0.6 is 7.82 Å². The van der Waals surface area contributed by atoms with E-state index in [1.54, 1.807) is 0 Å². The first kappa shape index (κ1) is 22.9. The second-order valence-corrected chi connectivity index (χ2v) is 1.54. The van der Waals surface area contributed by atoms with Gasteiger partial charge >= 0.3 is 26.7 Å². The molecule has 8 heavy (non-hydrogen) atoms. The summed E-state index contributed by atoms with van der Waals surface area (Å²) in [6.07, 6.45) is 0. The first-order valence-electron chi connectivity index (χ1n) is 0.783. The van der Waals surface area contributed by atoms with E-state index < -0.39 is 7.82 Å². The van der Waals surface area contributed by atoms with Crippen LogP contribution in [0.4, 0.5) is 0 Å². The summed E-state index contributed by atoms with van der Waals surface area (Å²) in [6.45, 7) is 0. The van der Waals surface area contributed by atoms with E-state index in [9.17, 15) is 0 Å². The van der Waals surface area contributed by atoms with Crippen molar-refractivity contribution >= 4 is 7.82 Å². The van der Waals surface area contributed by atoms with Crippen LogP contribution < -0.4 is 18.9 Å². The smallest absolute Gasteiger partial charge is 1.00 e. The van der Waals surface area contributed by atoms with Gasteiger partial charge in [-0.3, -0.25) is 0 Å². The van der Waals surface area contributed by atoms with Crippen molar-refractivity contribution in [1.29, 1.82) is 0 Å². The molecule has 1 radical (unpaired) electrons. The van der Waals surface area contributed by atoms with E-state index in [1.807, 2.05) is 0 Å². The fraction of sp³-hybridized carbons (Fsp3) is 0. The molecule has 0 saturated carbocycles. The summed E-state index contributed by atoms with van der Waals surface area (Å²) in [5.41, 5.74) is 0. The predicted octanol–water partition coefficient (Wildman–Crippen LogP) is -4.64. The van der Waals surface area contributed by atoms with Crippen molar-refractivity contribution in [1.82, 2.24) is 0 Å². The van der Waals surface area contributed by atoms with Crippen molar-refractivity contribution < 1.29 is 62.1 Å². The fourth-order valence-electron chi connectivity index (χ4n) is 0. The molecular formula is H6CuLiO5P. The second-order valence-electron chi connectivity index (χ2n) is 0.513. The van der Waals surface area contributed by atoms with Crippen molar-refractivity contribution in [3.63, 3.8) is 0 Å². The van der Waals surface area contributed by atoms with Crippen molar-refractivity contribution in [2.24, 2.45) is 0 Å². The molecule has 0 aliphatic heterocycles. The average molecular weight is 188 g/mol. The molecule has 0 fully saturated rings. The van der Waals surface area contributed by atoms with Crippen LogP contribution in [0.2, 0.25) is 0 Å². The molecule has 0 unspecified atom stereocenters. The third kappa shape index (κ3) is 195. The van der Waals surface area contributed by atoms with Gasteiger partial charge in [0.15, 0.2) is 0 Å². The van der Waals surface area contributed by atoms with Gasteiger partial charge in [0.1, 0.15) is 0 Å². The zero-order valence-corrected chi connectivity index (χ0v) is 5.83. The van der Waals surface area contributed by atoms with Crippen LogP contribution in [0.3, 0.4) is 0 Å². The van der Waals surface area contributed by atoms with Crippen LogP contribution in [0, 0.1) is 0 Å². The minimum atomic E-state index is -4.64. The van der Waals surface area contributed by atoms with Gasteiger partial charge in [-0.25, -0.2) is 4.57 Å². The minimum Gasteiger partial charge on any atom is -1.00 e. The van der Waals surface area contributed by atoms with Crippen LogP contribution in [0.1, 0.15) is 1.43 Å². The first-order chi connectivity index (χ1) is 2.00. The van der Waals surface area contributed by atoms with E-state index in [2.05, 4.69) is 0 Å². The standard InChI is InChI=1S/Cu.Li.H3O4P.H2O.H/c;;1-5(2,3)4;;/h;;(H3,1,2,3,4);1H2;/q;+1;;;-1. The number of hydrogen-bond acceptors (Lipinski definition) is 1. The summed E-state index contributed by atoms with van der Waals surface area (Å²) in [6, 6.07) is 0. The summed E-state index contributed by atoms with van der Waals surface area (Å²) in [7, 11) is -4.64.